The molecule has 8 heterocycles. The number of aromatic carboxylic acids is 1. The smallest absolute Gasteiger partial charge is 0.338 e. The molecule has 24 heteroatoms. The molecule has 2 bridgehead atoms. The Bertz CT molecular complexity index is 3350. The van der Waals surface area contributed by atoms with Gasteiger partial charge in [-0.25, -0.2) is 14.8 Å². The van der Waals surface area contributed by atoms with Gasteiger partial charge in [0.15, 0.2) is 0 Å². The van der Waals surface area contributed by atoms with Crippen LogP contribution in [-0.2, 0) is 37.5 Å². The highest BCUT2D eigenvalue weighted by Crippen LogP contribution is 2.36. The number of carbonyl (C=O) groups is 5. The van der Waals surface area contributed by atoms with Crippen LogP contribution in [0, 0.1) is 13.8 Å². The first-order valence-corrected chi connectivity index (χ1v) is 24.7. The number of carboxylic acids is 1. The van der Waals surface area contributed by atoms with Gasteiger partial charge in [0.1, 0.15) is 47.1 Å². The van der Waals surface area contributed by atoms with E-state index < -0.39 is 35.6 Å². The fourth-order valence-electron chi connectivity index (χ4n) is 10.1. The fourth-order valence-corrected chi connectivity index (χ4v) is 10.1. The summed E-state index contributed by atoms with van der Waals surface area (Å²) in [5.74, 6) is -2.07. The molecule has 5 aromatic heterocycles. The zero-order valence-corrected chi connectivity index (χ0v) is 41.4. The highest BCUT2D eigenvalue weighted by molar-refractivity contribution is 6.05. The molecule has 7 aromatic rings. The van der Waals surface area contributed by atoms with Crippen LogP contribution in [0.15, 0.2) is 60.9 Å². The molecule has 10 rings (SSSR count). The monoisotopic (exact) mass is 1010 g/mol. The van der Waals surface area contributed by atoms with Crippen molar-refractivity contribution < 1.29 is 43.3 Å². The zero-order valence-electron chi connectivity index (χ0n) is 41.4. The number of allylic oxidation sites excluding steroid dienone is 2. The SMILES string of the molecule is CCn1nc(C)cc1C(=O)Nc1nc2cc(C(N)=O)cc3c2n1C/C=C/Cn1c(NC(=O)c2cc(C)nn2CC)nc2cc(C(=O)NCCCn4cc(C(=O)O)cn4)cc(c21)OC[C@H](N1C2CCC1COC2)CO3. The lowest BCUT2D eigenvalue weighted by Gasteiger charge is -2.40. The summed E-state index contributed by atoms with van der Waals surface area (Å²) in [6.45, 7) is 10.4. The van der Waals surface area contributed by atoms with Gasteiger partial charge in [-0.2, -0.15) is 15.3 Å². The Balaban J connectivity index is 1.07. The number of morpholine rings is 1. The summed E-state index contributed by atoms with van der Waals surface area (Å²) in [6, 6.07) is 9.57. The van der Waals surface area contributed by atoms with E-state index in [4.69, 9.17) is 29.9 Å². The number of ether oxygens (including phenoxy) is 3. The molecule has 24 nitrogen and oxygen atoms in total. The third-order valence-corrected chi connectivity index (χ3v) is 13.5. The standard InChI is InChI=1S/C50H57N15O9/c1-5-63-38(16-28(3)58-63)46(68)56-49-54-36-18-30(44(51)66)20-40-42(36)61(49)14-7-8-15-62-43-37(55-50(62)57-47(69)39-17-29(4)59-64(39)6-2)19-31(45(67)52-12-9-13-60-23-32(22-53-60)48(70)71)21-41(43)74-27-35(26-73-40)65-33-10-11-34(65)25-72-24-33/h7-8,16-23,33-35H,5-6,9-15,24-27H2,1-4H3,(H2,51,66)(H,52,67)(H,70,71)(H,54,56,68)(H,55,57,69)/b8-7+/t33?,34?,35-/m1/s1. The molecular weight excluding hydrogens is 955 g/mol. The maximum atomic E-state index is 14.1. The number of carboxylic acid groups (broad SMARTS) is 1. The molecule has 2 saturated heterocycles. The van der Waals surface area contributed by atoms with Gasteiger partial charge in [-0.3, -0.25) is 48.8 Å². The number of nitrogens with two attached hydrogens (primary N) is 1. The van der Waals surface area contributed by atoms with Crippen molar-refractivity contribution >= 4 is 63.6 Å². The average molecular weight is 1010 g/mol. The number of fused-ring (bicyclic) bond motifs is 2. The average Bonchev–Trinajstić information content (AvgIpc) is 4.25. The van der Waals surface area contributed by atoms with Gasteiger partial charge in [0.2, 0.25) is 17.8 Å². The van der Waals surface area contributed by atoms with Gasteiger partial charge in [0.05, 0.1) is 53.4 Å². The van der Waals surface area contributed by atoms with Crippen LogP contribution in [0.1, 0.15) is 96.5 Å². The topological polar surface area (TPSA) is 288 Å². The molecule has 6 N–H and O–H groups in total. The minimum atomic E-state index is -1.08. The number of anilines is 2. The molecule has 4 amide bonds. The van der Waals surface area contributed by atoms with Crippen molar-refractivity contribution in [2.45, 2.75) is 97.8 Å². The first kappa shape index (κ1) is 49.2. The Labute approximate surface area is 423 Å². The third kappa shape index (κ3) is 9.79. The predicted octanol–water partition coefficient (Wildman–Crippen LogP) is 4.01. The molecule has 74 heavy (non-hydrogen) atoms. The Morgan fingerprint density at radius 2 is 1.24 bits per heavy atom. The Kier molecular flexibility index (Phi) is 13.7. The van der Waals surface area contributed by atoms with Crippen LogP contribution in [0.5, 0.6) is 11.5 Å². The van der Waals surface area contributed by atoms with E-state index in [1.165, 1.54) is 17.1 Å². The van der Waals surface area contributed by atoms with E-state index >= 15 is 0 Å². The minimum absolute atomic E-state index is 0.0591. The molecule has 3 atom stereocenters. The van der Waals surface area contributed by atoms with Crippen molar-refractivity contribution in [1.29, 1.82) is 0 Å². The van der Waals surface area contributed by atoms with Gasteiger partial charge in [0, 0.05) is 68.7 Å². The molecule has 2 unspecified atom stereocenters. The summed E-state index contributed by atoms with van der Waals surface area (Å²) in [5.41, 5.74) is 10.1. The predicted molar refractivity (Wildman–Crippen MR) is 269 cm³/mol. The van der Waals surface area contributed by atoms with Gasteiger partial charge in [-0.1, -0.05) is 12.2 Å². The van der Waals surface area contributed by atoms with Gasteiger partial charge in [0.25, 0.3) is 17.7 Å². The van der Waals surface area contributed by atoms with E-state index in [2.05, 4.69) is 36.1 Å². The van der Waals surface area contributed by atoms with Crippen molar-refractivity contribution in [3.63, 3.8) is 0 Å². The summed E-state index contributed by atoms with van der Waals surface area (Å²) in [5, 5.41) is 31.3. The number of amides is 4. The van der Waals surface area contributed by atoms with Crippen molar-refractivity contribution in [1.82, 2.24) is 58.7 Å². The number of benzene rings is 2. The maximum absolute atomic E-state index is 14.1. The number of hydrogen-bond donors (Lipinski definition) is 5. The van der Waals surface area contributed by atoms with E-state index in [0.717, 1.165) is 12.8 Å². The van der Waals surface area contributed by atoms with Crippen LogP contribution < -0.4 is 31.2 Å². The van der Waals surface area contributed by atoms with Gasteiger partial charge in [-0.05, 0) is 83.4 Å². The Morgan fingerprint density at radius 3 is 1.76 bits per heavy atom. The van der Waals surface area contributed by atoms with E-state index in [9.17, 15) is 29.1 Å². The van der Waals surface area contributed by atoms with Crippen LogP contribution in [0.25, 0.3) is 22.1 Å². The number of nitrogens with one attached hydrogen (secondary N) is 3. The highest BCUT2D eigenvalue weighted by Gasteiger charge is 2.42. The second kappa shape index (κ2) is 20.6. The van der Waals surface area contributed by atoms with Crippen LogP contribution in [-0.4, -0.2) is 139 Å². The van der Waals surface area contributed by atoms with Crippen molar-refractivity contribution in [2.75, 3.05) is 43.6 Å². The molecule has 386 valence electrons. The molecule has 2 fully saturated rings. The minimum Gasteiger partial charge on any atom is -0.490 e. The van der Waals surface area contributed by atoms with Crippen LogP contribution in [0.3, 0.4) is 0 Å². The van der Waals surface area contributed by atoms with Crippen molar-refractivity contribution in [2.24, 2.45) is 5.73 Å². The number of aryl methyl sites for hydroxylation is 5. The number of aromatic nitrogens is 10. The van der Waals surface area contributed by atoms with Gasteiger partial charge < -0.3 is 39.5 Å². The van der Waals surface area contributed by atoms with Crippen LogP contribution in [0.2, 0.25) is 0 Å². The van der Waals surface area contributed by atoms with Gasteiger partial charge in [-0.15, -0.1) is 0 Å². The number of carbonyl (C=O) groups excluding carboxylic acids is 4. The Hall–Kier alpha value is -8.38. The quantitative estimate of drug-likeness (QED) is 0.0760. The van der Waals surface area contributed by atoms with E-state index in [0.29, 0.717) is 95.6 Å². The lowest BCUT2D eigenvalue weighted by molar-refractivity contribution is -0.0534. The summed E-state index contributed by atoms with van der Waals surface area (Å²) in [6.07, 6.45) is 8.71. The van der Waals surface area contributed by atoms with Crippen LogP contribution in [0.4, 0.5) is 11.9 Å². The molecule has 0 radical (unpaired) electrons. The maximum Gasteiger partial charge on any atom is 0.338 e. The first-order chi connectivity index (χ1) is 35.8. The summed E-state index contributed by atoms with van der Waals surface area (Å²) >= 11 is 0. The van der Waals surface area contributed by atoms with E-state index in [-0.39, 0.29) is 73.5 Å². The molecule has 0 spiro atoms. The third-order valence-electron chi connectivity index (χ3n) is 13.5. The normalized spacial score (nSPS) is 18.3. The largest absolute Gasteiger partial charge is 0.490 e. The number of rotatable bonds is 14. The van der Waals surface area contributed by atoms with E-state index in [1.807, 2.05) is 44.4 Å². The van der Waals surface area contributed by atoms with Crippen molar-refractivity contribution in [3.8, 4) is 11.5 Å². The lowest BCUT2D eigenvalue weighted by atomic mass is 10.1. The van der Waals surface area contributed by atoms with Gasteiger partial charge >= 0.3 is 5.97 Å². The van der Waals surface area contributed by atoms with Crippen molar-refractivity contribution in [3.05, 3.63) is 100 Å². The zero-order chi connectivity index (χ0) is 51.8. The van der Waals surface area contributed by atoms with Crippen LogP contribution >= 0.6 is 0 Å². The number of nitrogens with zero attached hydrogens (tertiary/aromatic N) is 11. The molecular formula is C50H57N15O9. The molecule has 0 saturated carbocycles. The number of primary amides is 1. The molecule has 3 aliphatic heterocycles. The molecule has 3 aliphatic rings. The fraction of sp³-hybridized carbons (Fsp3) is 0.400. The number of imidazole rings is 2. The lowest BCUT2D eigenvalue weighted by Crippen LogP contribution is -2.55. The number of hydrogen-bond acceptors (Lipinski definition) is 14. The summed E-state index contributed by atoms with van der Waals surface area (Å²) in [4.78, 5) is 78.7. The second-order valence-electron chi connectivity index (χ2n) is 18.5. The molecule has 0 aliphatic carbocycles. The molecule has 2 aromatic carbocycles. The first-order valence-electron chi connectivity index (χ1n) is 24.7. The summed E-state index contributed by atoms with van der Waals surface area (Å²) < 4.78 is 28.1. The Morgan fingerprint density at radius 1 is 0.703 bits per heavy atom. The summed E-state index contributed by atoms with van der Waals surface area (Å²) in [7, 11) is 0. The highest BCUT2D eigenvalue weighted by atomic mass is 16.5. The van der Waals surface area contributed by atoms with E-state index in [1.54, 1.807) is 50.3 Å². The second-order valence-corrected chi connectivity index (χ2v) is 18.5.